The van der Waals surface area contributed by atoms with Crippen LogP contribution in [0.1, 0.15) is 35.8 Å². The minimum Gasteiger partial charge on any atom is -0.496 e. The van der Waals surface area contributed by atoms with Gasteiger partial charge < -0.3 is 14.8 Å². The van der Waals surface area contributed by atoms with E-state index in [1.165, 1.54) is 0 Å². The van der Waals surface area contributed by atoms with Crippen LogP contribution >= 0.6 is 0 Å². The zero-order valence-corrected chi connectivity index (χ0v) is 18.3. The Labute approximate surface area is 185 Å². The summed E-state index contributed by atoms with van der Waals surface area (Å²) in [5, 5.41) is 10.3. The quantitative estimate of drug-likeness (QED) is 0.463. The van der Waals surface area contributed by atoms with Crippen molar-refractivity contribution in [1.82, 2.24) is 25.1 Å². The molecule has 0 atom stereocenters. The average Bonchev–Trinajstić information content (AvgIpc) is 3.34. The molecule has 0 radical (unpaired) electrons. The predicted octanol–water partition coefficient (Wildman–Crippen LogP) is 3.89. The van der Waals surface area contributed by atoms with E-state index in [1.54, 1.807) is 20.5 Å². The van der Waals surface area contributed by atoms with Gasteiger partial charge in [0.1, 0.15) is 23.4 Å². The molecule has 32 heavy (non-hydrogen) atoms. The Bertz CT molecular complexity index is 1280. The molecule has 8 heteroatoms. The van der Waals surface area contributed by atoms with Crippen LogP contribution in [0.5, 0.6) is 11.5 Å². The number of carbonyl (C=O) groups excluding carboxylic acids is 1. The first-order valence-corrected chi connectivity index (χ1v) is 10.7. The van der Waals surface area contributed by atoms with E-state index in [9.17, 15) is 4.79 Å². The predicted molar refractivity (Wildman–Crippen MR) is 122 cm³/mol. The number of imidazole rings is 1. The van der Waals surface area contributed by atoms with Crippen LogP contribution < -0.4 is 14.8 Å². The molecule has 1 saturated carbocycles. The van der Waals surface area contributed by atoms with Crippen LogP contribution in [0.15, 0.2) is 42.9 Å². The van der Waals surface area contributed by atoms with Gasteiger partial charge in [0.15, 0.2) is 0 Å². The third-order valence-electron chi connectivity index (χ3n) is 5.82. The highest BCUT2D eigenvalue weighted by atomic mass is 16.5. The highest BCUT2D eigenvalue weighted by Crippen LogP contribution is 2.35. The van der Waals surface area contributed by atoms with Crippen LogP contribution in [-0.2, 0) is 6.42 Å². The highest BCUT2D eigenvalue weighted by Gasteiger charge is 2.28. The maximum Gasteiger partial charge on any atom is 0.259 e. The molecule has 2 N–H and O–H groups in total. The number of amides is 1. The Morgan fingerprint density at radius 2 is 1.94 bits per heavy atom. The summed E-state index contributed by atoms with van der Waals surface area (Å²) in [7, 11) is 3.11. The fourth-order valence-electron chi connectivity index (χ4n) is 3.97. The monoisotopic (exact) mass is 431 g/mol. The average molecular weight is 431 g/mol. The lowest BCUT2D eigenvalue weighted by molar-refractivity contribution is 0.0945. The van der Waals surface area contributed by atoms with Crippen molar-refractivity contribution in [2.45, 2.75) is 32.2 Å². The van der Waals surface area contributed by atoms with E-state index in [2.05, 4.69) is 39.6 Å². The van der Waals surface area contributed by atoms with E-state index in [1.807, 2.05) is 29.0 Å². The number of fused-ring (bicyclic) bond motifs is 1. The Kier molecular flexibility index (Phi) is 5.05. The molecule has 0 unspecified atom stereocenters. The summed E-state index contributed by atoms with van der Waals surface area (Å²) >= 11 is 0. The van der Waals surface area contributed by atoms with Crippen LogP contribution in [0.2, 0.25) is 0 Å². The Balaban J connectivity index is 1.56. The van der Waals surface area contributed by atoms with Crippen LogP contribution in [0, 0.1) is 0 Å². The molecule has 1 aliphatic carbocycles. The fraction of sp³-hybridized carbons (Fsp3) is 0.292. The van der Waals surface area contributed by atoms with Crippen molar-refractivity contribution in [3.8, 4) is 28.3 Å². The van der Waals surface area contributed by atoms with Crippen molar-refractivity contribution in [2.75, 3.05) is 14.2 Å². The molecule has 4 aromatic rings. The molecule has 2 aromatic carbocycles. The van der Waals surface area contributed by atoms with E-state index in [0.717, 1.165) is 52.8 Å². The van der Waals surface area contributed by atoms with Crippen LogP contribution in [-0.4, -0.2) is 45.9 Å². The SMILES string of the molecule is CCc1n[nH]cc1-c1ccc2c(c1)ncn2-c1cc(OC)c(C(=O)NC2CC2)c(OC)c1. The number of carbonyl (C=O) groups is 1. The van der Waals surface area contributed by atoms with Gasteiger partial charge in [-0.15, -0.1) is 0 Å². The number of H-pyrrole nitrogens is 1. The zero-order valence-electron chi connectivity index (χ0n) is 18.3. The van der Waals surface area contributed by atoms with Gasteiger partial charge in [0, 0.05) is 29.9 Å². The molecular formula is C24H25N5O3. The number of nitrogens with zero attached hydrogens (tertiary/aromatic N) is 3. The number of rotatable bonds is 7. The number of ether oxygens (including phenoxy) is 2. The van der Waals surface area contributed by atoms with Gasteiger partial charge in [-0.3, -0.25) is 14.5 Å². The normalized spacial score (nSPS) is 13.3. The van der Waals surface area contributed by atoms with E-state index < -0.39 is 0 Å². The molecule has 1 aliphatic rings. The van der Waals surface area contributed by atoms with Gasteiger partial charge in [-0.05, 0) is 37.0 Å². The summed E-state index contributed by atoms with van der Waals surface area (Å²) in [6.07, 6.45) is 6.55. The summed E-state index contributed by atoms with van der Waals surface area (Å²) in [5.74, 6) is 0.739. The Morgan fingerprint density at radius 3 is 2.59 bits per heavy atom. The molecule has 1 amide bonds. The van der Waals surface area contributed by atoms with Crippen molar-refractivity contribution in [1.29, 1.82) is 0 Å². The Morgan fingerprint density at radius 1 is 1.19 bits per heavy atom. The standard InChI is InChI=1S/C24H25N5O3/c1-4-18-17(12-26-28-18)14-5-8-20-19(9-14)25-13-29(20)16-10-21(31-2)23(22(11-16)32-3)24(30)27-15-6-7-15/h5,8-13,15H,4,6-7H2,1-3H3,(H,26,28)(H,27,30). The second-order valence-corrected chi connectivity index (χ2v) is 7.89. The van der Waals surface area contributed by atoms with Crippen molar-refractivity contribution in [3.63, 3.8) is 0 Å². The molecule has 5 rings (SSSR count). The molecule has 8 nitrogen and oxygen atoms in total. The van der Waals surface area contributed by atoms with E-state index in [4.69, 9.17) is 9.47 Å². The molecule has 0 saturated heterocycles. The van der Waals surface area contributed by atoms with Crippen molar-refractivity contribution >= 4 is 16.9 Å². The van der Waals surface area contributed by atoms with Gasteiger partial charge in [0.05, 0.1) is 36.6 Å². The minimum atomic E-state index is -0.181. The number of aryl methyl sites for hydroxylation is 1. The van der Waals surface area contributed by atoms with Gasteiger partial charge in [0.2, 0.25) is 0 Å². The minimum absolute atomic E-state index is 0.181. The number of aromatic amines is 1. The third-order valence-corrected chi connectivity index (χ3v) is 5.82. The molecule has 164 valence electrons. The number of methoxy groups -OCH3 is 2. The molecule has 2 heterocycles. The lowest BCUT2D eigenvalue weighted by Gasteiger charge is -2.16. The summed E-state index contributed by atoms with van der Waals surface area (Å²) in [5.41, 5.74) is 6.18. The van der Waals surface area contributed by atoms with Gasteiger partial charge in [0.25, 0.3) is 5.91 Å². The van der Waals surface area contributed by atoms with Crippen molar-refractivity contribution in [2.24, 2.45) is 0 Å². The van der Waals surface area contributed by atoms with Crippen LogP contribution in [0.3, 0.4) is 0 Å². The first kappa shape index (κ1) is 20.1. The van der Waals surface area contributed by atoms with Gasteiger partial charge in [-0.25, -0.2) is 4.98 Å². The van der Waals surface area contributed by atoms with Crippen molar-refractivity contribution < 1.29 is 14.3 Å². The van der Waals surface area contributed by atoms with Crippen LogP contribution in [0.25, 0.3) is 27.8 Å². The Hall–Kier alpha value is -3.81. The molecular weight excluding hydrogens is 406 g/mol. The van der Waals surface area contributed by atoms with Gasteiger partial charge in [-0.2, -0.15) is 5.10 Å². The topological polar surface area (TPSA) is 94.1 Å². The zero-order chi connectivity index (χ0) is 22.2. The molecule has 2 aromatic heterocycles. The summed E-state index contributed by atoms with van der Waals surface area (Å²) in [4.78, 5) is 17.4. The maximum atomic E-state index is 12.8. The molecule has 0 spiro atoms. The number of nitrogens with one attached hydrogen (secondary N) is 2. The smallest absolute Gasteiger partial charge is 0.259 e. The van der Waals surface area contributed by atoms with Crippen molar-refractivity contribution in [3.05, 3.63) is 54.1 Å². The molecule has 0 aliphatic heterocycles. The number of hydrogen-bond donors (Lipinski definition) is 2. The first-order valence-electron chi connectivity index (χ1n) is 10.7. The highest BCUT2D eigenvalue weighted by molar-refractivity contribution is 6.00. The van der Waals surface area contributed by atoms with E-state index >= 15 is 0 Å². The van der Waals surface area contributed by atoms with Crippen LogP contribution in [0.4, 0.5) is 0 Å². The van der Waals surface area contributed by atoms with E-state index in [0.29, 0.717) is 17.1 Å². The second kappa shape index (κ2) is 8.03. The second-order valence-electron chi connectivity index (χ2n) is 7.89. The lowest BCUT2D eigenvalue weighted by Crippen LogP contribution is -2.26. The summed E-state index contributed by atoms with van der Waals surface area (Å²) < 4.78 is 13.1. The number of benzene rings is 2. The molecule has 1 fully saturated rings. The maximum absolute atomic E-state index is 12.8. The van der Waals surface area contributed by atoms with Gasteiger partial charge in [-0.1, -0.05) is 13.0 Å². The first-order chi connectivity index (χ1) is 15.6. The summed E-state index contributed by atoms with van der Waals surface area (Å²) in [6, 6.07) is 10.1. The number of aromatic nitrogens is 4. The van der Waals surface area contributed by atoms with Gasteiger partial charge >= 0.3 is 0 Å². The lowest BCUT2D eigenvalue weighted by atomic mass is 10.0. The third kappa shape index (κ3) is 3.47. The molecule has 0 bridgehead atoms. The fourth-order valence-corrected chi connectivity index (χ4v) is 3.97. The number of hydrogen-bond acceptors (Lipinski definition) is 5. The largest absolute Gasteiger partial charge is 0.496 e. The summed E-state index contributed by atoms with van der Waals surface area (Å²) in [6.45, 7) is 2.09. The van der Waals surface area contributed by atoms with E-state index in [-0.39, 0.29) is 11.9 Å².